The van der Waals surface area contributed by atoms with Gasteiger partial charge in [0.2, 0.25) is 5.88 Å². The van der Waals surface area contributed by atoms with Crippen LogP contribution < -0.4 is 10.5 Å². The number of carbonyl (C=O) groups is 1. The van der Waals surface area contributed by atoms with Crippen LogP contribution in [0, 0.1) is 0 Å². The number of carboxylic acid groups (broad SMARTS) is 1. The van der Waals surface area contributed by atoms with Gasteiger partial charge in [-0.15, -0.1) is 0 Å². The van der Waals surface area contributed by atoms with Crippen molar-refractivity contribution in [1.82, 2.24) is 4.98 Å². The van der Waals surface area contributed by atoms with Crippen molar-refractivity contribution in [2.45, 2.75) is 0 Å². The highest BCUT2D eigenvalue weighted by molar-refractivity contribution is 6.42. The molecule has 0 aliphatic rings. The topological polar surface area (TPSA) is 85.4 Å². The molecule has 0 amide bonds. The predicted octanol–water partition coefficient (Wildman–Crippen LogP) is 4.35. The lowest BCUT2D eigenvalue weighted by Crippen LogP contribution is -2.06. The Bertz CT molecular complexity index is 692. The third kappa shape index (κ3) is 3.07. The molecule has 2 aromatic rings. The van der Waals surface area contributed by atoms with Gasteiger partial charge in [-0.25, -0.2) is 9.78 Å². The Balaban J connectivity index is 2.54. The Morgan fingerprint density at radius 2 is 1.90 bits per heavy atom. The van der Waals surface area contributed by atoms with E-state index in [4.69, 9.17) is 45.6 Å². The van der Waals surface area contributed by atoms with Crippen LogP contribution in [0.3, 0.4) is 0 Å². The van der Waals surface area contributed by atoms with Crippen molar-refractivity contribution >= 4 is 46.6 Å². The van der Waals surface area contributed by atoms with Gasteiger partial charge in [-0.2, -0.15) is 0 Å². The molecule has 0 atom stereocenters. The van der Waals surface area contributed by atoms with E-state index in [9.17, 15) is 4.79 Å². The van der Waals surface area contributed by atoms with Crippen molar-refractivity contribution in [3.8, 4) is 17.1 Å². The van der Waals surface area contributed by atoms with Crippen molar-refractivity contribution in [2.75, 3.05) is 5.73 Å². The molecule has 1 aromatic heterocycles. The summed E-state index contributed by atoms with van der Waals surface area (Å²) in [5.74, 6) is -0.291. The first-order valence-corrected chi connectivity index (χ1v) is 6.34. The summed E-state index contributed by atoms with van der Waals surface area (Å²) < 4.78 is 4.48. The molecule has 1 heterocycles. The van der Waals surface area contributed by atoms with E-state index in [-0.39, 0.29) is 16.6 Å². The summed E-state index contributed by atoms with van der Waals surface area (Å²) in [6.45, 7) is 0. The number of anilines is 1. The van der Waals surface area contributed by atoms with E-state index >= 15 is 0 Å². The van der Waals surface area contributed by atoms with E-state index < -0.39 is 6.16 Å². The summed E-state index contributed by atoms with van der Waals surface area (Å²) in [5.41, 5.74) is 6.79. The van der Waals surface area contributed by atoms with Crippen LogP contribution in [0.4, 0.5) is 10.5 Å². The molecule has 20 heavy (non-hydrogen) atoms. The lowest BCUT2D eigenvalue weighted by atomic mass is 10.1. The predicted molar refractivity (Wildman–Crippen MR) is 77.8 cm³/mol. The second kappa shape index (κ2) is 5.75. The maximum atomic E-state index is 10.6. The van der Waals surface area contributed by atoms with Crippen LogP contribution in [0.25, 0.3) is 11.3 Å². The first-order valence-electron chi connectivity index (χ1n) is 5.20. The van der Waals surface area contributed by atoms with E-state index in [1.54, 1.807) is 18.2 Å². The number of rotatable bonds is 2. The number of nitrogens with two attached hydrogens (primary N) is 1. The Labute approximate surface area is 128 Å². The second-order valence-corrected chi connectivity index (χ2v) is 4.91. The quantitative estimate of drug-likeness (QED) is 0.798. The molecule has 0 fully saturated rings. The summed E-state index contributed by atoms with van der Waals surface area (Å²) in [5, 5.41) is 9.27. The van der Waals surface area contributed by atoms with Crippen molar-refractivity contribution < 1.29 is 14.6 Å². The summed E-state index contributed by atoms with van der Waals surface area (Å²) >= 11 is 17.6. The molecule has 1 aromatic carbocycles. The number of pyridine rings is 1. The molecule has 0 aliphatic carbocycles. The molecular weight excluding hydrogens is 327 g/mol. The molecule has 104 valence electrons. The van der Waals surface area contributed by atoms with Crippen LogP contribution in [-0.2, 0) is 0 Å². The van der Waals surface area contributed by atoms with Gasteiger partial charge in [0.15, 0.2) is 0 Å². The first kappa shape index (κ1) is 14.7. The maximum absolute atomic E-state index is 10.6. The largest absolute Gasteiger partial charge is 0.512 e. The Hall–Kier alpha value is -1.69. The van der Waals surface area contributed by atoms with Crippen LogP contribution in [0.15, 0.2) is 24.3 Å². The standard InChI is InChI=1S/C12H7Cl3N2O3/c13-6-2-1-5(3-7(6)14)9-4-8(16)10(15)11(17-9)20-12(18)19/h1-4H,(H2,16,17)(H,18,19). The number of benzene rings is 1. The minimum Gasteiger partial charge on any atom is -0.449 e. The molecular formula is C12H7Cl3N2O3. The minimum absolute atomic E-state index is 0.0730. The molecule has 0 unspecified atom stereocenters. The molecule has 2 rings (SSSR count). The van der Waals surface area contributed by atoms with E-state index in [0.717, 1.165) is 0 Å². The van der Waals surface area contributed by atoms with Crippen LogP contribution in [0.2, 0.25) is 15.1 Å². The summed E-state index contributed by atoms with van der Waals surface area (Å²) in [7, 11) is 0. The van der Waals surface area contributed by atoms with Gasteiger partial charge >= 0.3 is 6.16 Å². The highest BCUT2D eigenvalue weighted by atomic mass is 35.5. The molecule has 0 aliphatic heterocycles. The summed E-state index contributed by atoms with van der Waals surface area (Å²) in [6, 6.07) is 6.30. The molecule has 0 spiro atoms. The fourth-order valence-electron chi connectivity index (χ4n) is 1.48. The summed E-state index contributed by atoms with van der Waals surface area (Å²) in [4.78, 5) is 14.6. The molecule has 0 saturated carbocycles. The minimum atomic E-state index is -1.54. The van der Waals surface area contributed by atoms with Gasteiger partial charge in [0, 0.05) is 5.56 Å². The average molecular weight is 334 g/mol. The maximum Gasteiger partial charge on any atom is 0.512 e. The van der Waals surface area contributed by atoms with Gasteiger partial charge in [0.1, 0.15) is 5.02 Å². The van der Waals surface area contributed by atoms with E-state index in [1.165, 1.54) is 6.07 Å². The normalized spacial score (nSPS) is 10.3. The van der Waals surface area contributed by atoms with Crippen LogP contribution in [0.5, 0.6) is 5.88 Å². The average Bonchev–Trinajstić information content (AvgIpc) is 2.37. The van der Waals surface area contributed by atoms with E-state index in [2.05, 4.69) is 9.72 Å². The fraction of sp³-hybridized carbons (Fsp3) is 0. The number of hydrogen-bond acceptors (Lipinski definition) is 4. The number of halogens is 3. The second-order valence-electron chi connectivity index (χ2n) is 3.71. The number of aromatic nitrogens is 1. The molecule has 8 heteroatoms. The number of ether oxygens (including phenoxy) is 1. The van der Waals surface area contributed by atoms with Crippen LogP contribution >= 0.6 is 34.8 Å². The Kier molecular flexibility index (Phi) is 4.23. The molecule has 3 N–H and O–H groups in total. The van der Waals surface area contributed by atoms with Crippen molar-refractivity contribution in [2.24, 2.45) is 0 Å². The number of hydrogen-bond donors (Lipinski definition) is 2. The van der Waals surface area contributed by atoms with Gasteiger partial charge in [-0.05, 0) is 18.2 Å². The Morgan fingerprint density at radius 1 is 1.20 bits per heavy atom. The van der Waals surface area contributed by atoms with Gasteiger partial charge in [-0.3, -0.25) is 0 Å². The third-order valence-electron chi connectivity index (χ3n) is 2.35. The lowest BCUT2D eigenvalue weighted by Gasteiger charge is -2.09. The summed E-state index contributed by atoms with van der Waals surface area (Å²) in [6.07, 6.45) is -1.54. The van der Waals surface area contributed by atoms with Crippen LogP contribution in [0.1, 0.15) is 0 Å². The Morgan fingerprint density at radius 3 is 2.50 bits per heavy atom. The lowest BCUT2D eigenvalue weighted by molar-refractivity contribution is 0.142. The number of nitrogens with zero attached hydrogens (tertiary/aromatic N) is 1. The van der Waals surface area contributed by atoms with Gasteiger partial charge in [0.05, 0.1) is 21.4 Å². The molecule has 5 nitrogen and oxygen atoms in total. The third-order valence-corrected chi connectivity index (χ3v) is 3.47. The van der Waals surface area contributed by atoms with E-state index in [1.807, 2.05) is 0 Å². The first-order chi connectivity index (χ1) is 9.38. The molecule has 0 radical (unpaired) electrons. The molecule has 0 bridgehead atoms. The highest BCUT2D eigenvalue weighted by Crippen LogP contribution is 2.34. The zero-order chi connectivity index (χ0) is 14.9. The monoisotopic (exact) mass is 332 g/mol. The van der Waals surface area contributed by atoms with Gasteiger partial charge in [0.25, 0.3) is 0 Å². The van der Waals surface area contributed by atoms with Gasteiger partial charge in [-0.1, -0.05) is 40.9 Å². The number of nitrogen functional groups attached to an aromatic ring is 1. The molecule has 0 saturated heterocycles. The zero-order valence-corrected chi connectivity index (χ0v) is 12.0. The van der Waals surface area contributed by atoms with Crippen molar-refractivity contribution in [1.29, 1.82) is 0 Å². The van der Waals surface area contributed by atoms with Gasteiger partial charge < -0.3 is 15.6 Å². The fourth-order valence-corrected chi connectivity index (χ4v) is 1.91. The van der Waals surface area contributed by atoms with Crippen molar-refractivity contribution in [3.63, 3.8) is 0 Å². The van der Waals surface area contributed by atoms with Crippen molar-refractivity contribution in [3.05, 3.63) is 39.3 Å². The SMILES string of the molecule is Nc1cc(-c2ccc(Cl)c(Cl)c2)nc(OC(=O)O)c1Cl. The van der Waals surface area contributed by atoms with E-state index in [0.29, 0.717) is 21.3 Å². The smallest absolute Gasteiger partial charge is 0.449 e. The zero-order valence-electron chi connectivity index (χ0n) is 9.73. The highest BCUT2D eigenvalue weighted by Gasteiger charge is 2.15. The van der Waals surface area contributed by atoms with Crippen LogP contribution in [-0.4, -0.2) is 16.2 Å².